The predicted molar refractivity (Wildman–Crippen MR) is 109 cm³/mol. The first-order valence-corrected chi connectivity index (χ1v) is 9.58. The lowest BCUT2D eigenvalue weighted by atomic mass is 10.1. The Morgan fingerprint density at radius 2 is 1.73 bits per heavy atom. The highest BCUT2D eigenvalue weighted by Gasteiger charge is 2.12. The Morgan fingerprint density at radius 3 is 2.42 bits per heavy atom. The average Bonchev–Trinajstić information content (AvgIpc) is 3.18. The van der Waals surface area contributed by atoms with Crippen molar-refractivity contribution in [2.24, 2.45) is 0 Å². The lowest BCUT2D eigenvalue weighted by Gasteiger charge is -2.18. The van der Waals surface area contributed by atoms with Gasteiger partial charge in [0.1, 0.15) is 0 Å². The quantitative estimate of drug-likeness (QED) is 0.786. The number of amides is 1. The number of likely N-dealkylation sites (N-methyl/N-ethyl adjacent to an activating group) is 1. The van der Waals surface area contributed by atoms with Crippen molar-refractivity contribution in [3.05, 3.63) is 60.2 Å². The first kappa shape index (κ1) is 18.5. The van der Waals surface area contributed by atoms with Gasteiger partial charge in [0, 0.05) is 24.5 Å². The summed E-state index contributed by atoms with van der Waals surface area (Å²) in [6.45, 7) is 3.61. The maximum Gasteiger partial charge on any atom is 0.238 e. The Hall–Kier alpha value is -2.33. The average molecular weight is 351 g/mol. The highest BCUT2D eigenvalue weighted by molar-refractivity contribution is 5.92. The highest BCUT2D eigenvalue weighted by atomic mass is 16.2. The number of hydrogen-bond donors (Lipinski definition) is 1. The van der Waals surface area contributed by atoms with Crippen molar-refractivity contribution in [3.8, 4) is 0 Å². The molecule has 1 saturated heterocycles. The third-order valence-corrected chi connectivity index (χ3v) is 4.88. The second-order valence-corrected chi connectivity index (χ2v) is 7.12. The number of hydrogen-bond acceptors (Lipinski definition) is 3. The molecule has 4 nitrogen and oxygen atoms in total. The minimum absolute atomic E-state index is 0.0427. The maximum absolute atomic E-state index is 12.2. The summed E-state index contributed by atoms with van der Waals surface area (Å²) in [7, 11) is 2.00. The van der Waals surface area contributed by atoms with E-state index in [9.17, 15) is 4.79 Å². The molecular formula is C22H29N3O. The minimum atomic E-state index is 0.0427. The van der Waals surface area contributed by atoms with Crippen LogP contribution in [0.5, 0.6) is 0 Å². The van der Waals surface area contributed by atoms with E-state index in [4.69, 9.17) is 0 Å². The fourth-order valence-electron chi connectivity index (χ4n) is 3.45. The fraction of sp³-hybridized carbons (Fsp3) is 0.409. The van der Waals surface area contributed by atoms with Crippen LogP contribution in [0, 0.1) is 0 Å². The zero-order valence-electron chi connectivity index (χ0n) is 15.7. The number of benzene rings is 2. The van der Waals surface area contributed by atoms with E-state index >= 15 is 0 Å². The molecule has 0 saturated carbocycles. The van der Waals surface area contributed by atoms with Crippen LogP contribution in [0.3, 0.4) is 0 Å². The number of anilines is 2. The van der Waals surface area contributed by atoms with Crippen LogP contribution in [0.25, 0.3) is 0 Å². The van der Waals surface area contributed by atoms with Crippen LogP contribution < -0.4 is 10.2 Å². The second-order valence-electron chi connectivity index (χ2n) is 7.12. The number of nitrogens with one attached hydrogen (secondary N) is 1. The first-order valence-electron chi connectivity index (χ1n) is 9.58. The molecule has 0 aromatic heterocycles. The second kappa shape index (κ2) is 9.39. The molecule has 1 fully saturated rings. The SMILES string of the molecule is CN(CCCc1ccccc1)CC(=O)Nc1ccc(N2CCCC2)cc1. The van der Waals surface area contributed by atoms with Crippen molar-refractivity contribution in [2.75, 3.05) is 43.4 Å². The molecule has 0 spiro atoms. The van der Waals surface area contributed by atoms with Gasteiger partial charge in [-0.25, -0.2) is 0 Å². The van der Waals surface area contributed by atoms with E-state index in [1.165, 1.54) is 24.1 Å². The van der Waals surface area contributed by atoms with Crippen molar-refractivity contribution in [2.45, 2.75) is 25.7 Å². The van der Waals surface area contributed by atoms with Crippen molar-refractivity contribution in [1.29, 1.82) is 0 Å². The van der Waals surface area contributed by atoms with E-state index in [1.54, 1.807) is 0 Å². The third kappa shape index (κ3) is 5.60. The Morgan fingerprint density at radius 1 is 1.04 bits per heavy atom. The Bertz CT molecular complexity index is 678. The van der Waals surface area contributed by atoms with E-state index in [1.807, 2.05) is 25.2 Å². The van der Waals surface area contributed by atoms with Crippen LogP contribution in [0.15, 0.2) is 54.6 Å². The number of rotatable bonds is 8. The molecule has 1 aliphatic rings. The monoisotopic (exact) mass is 351 g/mol. The maximum atomic E-state index is 12.2. The first-order chi connectivity index (χ1) is 12.7. The van der Waals surface area contributed by atoms with Crippen molar-refractivity contribution in [1.82, 2.24) is 4.90 Å². The summed E-state index contributed by atoms with van der Waals surface area (Å²) >= 11 is 0. The normalized spacial score (nSPS) is 14.0. The standard InChI is InChI=1S/C22H29N3O/c1-24(15-7-10-19-8-3-2-4-9-19)18-22(26)23-20-11-13-21(14-12-20)25-16-5-6-17-25/h2-4,8-9,11-14H,5-7,10,15-18H2,1H3,(H,23,26). The van der Waals surface area contributed by atoms with Gasteiger partial charge < -0.3 is 10.2 Å². The lowest BCUT2D eigenvalue weighted by molar-refractivity contribution is -0.117. The number of nitrogens with zero attached hydrogens (tertiary/aromatic N) is 2. The Kier molecular flexibility index (Phi) is 6.67. The molecular weight excluding hydrogens is 322 g/mol. The molecule has 26 heavy (non-hydrogen) atoms. The fourth-order valence-corrected chi connectivity index (χ4v) is 3.45. The molecule has 0 aliphatic carbocycles. The summed E-state index contributed by atoms with van der Waals surface area (Å²) < 4.78 is 0. The van der Waals surface area contributed by atoms with E-state index in [0.717, 1.165) is 38.2 Å². The molecule has 2 aromatic carbocycles. The summed E-state index contributed by atoms with van der Waals surface area (Å²) in [6, 6.07) is 18.7. The molecule has 1 amide bonds. The molecule has 3 rings (SSSR count). The number of carbonyl (C=O) groups excluding carboxylic acids is 1. The van der Waals surface area contributed by atoms with Crippen molar-refractivity contribution < 1.29 is 4.79 Å². The molecule has 1 N–H and O–H groups in total. The van der Waals surface area contributed by atoms with E-state index in [0.29, 0.717) is 6.54 Å². The van der Waals surface area contributed by atoms with E-state index in [2.05, 4.69) is 51.5 Å². The predicted octanol–water partition coefficient (Wildman–Crippen LogP) is 3.79. The lowest BCUT2D eigenvalue weighted by Crippen LogP contribution is -2.31. The molecule has 2 aromatic rings. The summed E-state index contributed by atoms with van der Waals surface area (Å²) in [6.07, 6.45) is 4.65. The summed E-state index contributed by atoms with van der Waals surface area (Å²) in [5.41, 5.74) is 3.47. The minimum Gasteiger partial charge on any atom is -0.372 e. The molecule has 0 bridgehead atoms. The van der Waals surface area contributed by atoms with Gasteiger partial charge in [-0.2, -0.15) is 0 Å². The molecule has 0 atom stereocenters. The van der Waals surface area contributed by atoms with Gasteiger partial charge in [-0.05, 0) is 69.1 Å². The van der Waals surface area contributed by atoms with Crippen LogP contribution in [-0.2, 0) is 11.2 Å². The van der Waals surface area contributed by atoms with Crippen molar-refractivity contribution in [3.63, 3.8) is 0 Å². The van der Waals surface area contributed by atoms with Gasteiger partial charge in [0.2, 0.25) is 5.91 Å². The van der Waals surface area contributed by atoms with Gasteiger partial charge in [-0.1, -0.05) is 30.3 Å². The molecule has 0 radical (unpaired) electrons. The largest absolute Gasteiger partial charge is 0.372 e. The highest BCUT2D eigenvalue weighted by Crippen LogP contribution is 2.22. The summed E-state index contributed by atoms with van der Waals surface area (Å²) in [5, 5.41) is 3.00. The smallest absolute Gasteiger partial charge is 0.238 e. The van der Waals surface area contributed by atoms with Crippen molar-refractivity contribution >= 4 is 17.3 Å². The van der Waals surface area contributed by atoms with Crippen LogP contribution >= 0.6 is 0 Å². The van der Waals surface area contributed by atoms with Gasteiger partial charge in [0.25, 0.3) is 0 Å². The third-order valence-electron chi connectivity index (χ3n) is 4.88. The Labute approximate surface area is 156 Å². The van der Waals surface area contributed by atoms with Gasteiger partial charge in [0.15, 0.2) is 0 Å². The molecule has 1 aliphatic heterocycles. The van der Waals surface area contributed by atoms with Crippen LogP contribution in [0.2, 0.25) is 0 Å². The zero-order valence-corrected chi connectivity index (χ0v) is 15.7. The van der Waals surface area contributed by atoms with E-state index < -0.39 is 0 Å². The summed E-state index contributed by atoms with van der Waals surface area (Å²) in [5.74, 6) is 0.0427. The van der Waals surface area contributed by atoms with Gasteiger partial charge in [-0.15, -0.1) is 0 Å². The Balaban J connectivity index is 1.38. The molecule has 0 unspecified atom stereocenters. The zero-order chi connectivity index (χ0) is 18.2. The molecule has 1 heterocycles. The van der Waals surface area contributed by atoms with Gasteiger partial charge >= 0.3 is 0 Å². The summed E-state index contributed by atoms with van der Waals surface area (Å²) in [4.78, 5) is 16.7. The van der Waals surface area contributed by atoms with Crippen LogP contribution in [0.4, 0.5) is 11.4 Å². The van der Waals surface area contributed by atoms with Crippen LogP contribution in [-0.4, -0.2) is 44.0 Å². The van der Waals surface area contributed by atoms with E-state index in [-0.39, 0.29) is 5.91 Å². The van der Waals surface area contributed by atoms with Crippen LogP contribution in [0.1, 0.15) is 24.8 Å². The molecule has 4 heteroatoms. The topological polar surface area (TPSA) is 35.6 Å². The van der Waals surface area contributed by atoms with Gasteiger partial charge in [-0.3, -0.25) is 9.69 Å². The number of aryl methyl sites for hydroxylation is 1. The molecule has 138 valence electrons. The van der Waals surface area contributed by atoms with Gasteiger partial charge in [0.05, 0.1) is 6.54 Å². The number of carbonyl (C=O) groups is 1.